The van der Waals surface area contributed by atoms with Crippen LogP contribution in [0, 0.1) is 13.8 Å². The van der Waals surface area contributed by atoms with E-state index in [4.69, 9.17) is 0 Å². The van der Waals surface area contributed by atoms with Crippen LogP contribution in [0.1, 0.15) is 41.8 Å². The molecule has 0 aliphatic heterocycles. The largest absolute Gasteiger partial charge is 0.290 e. The minimum Gasteiger partial charge on any atom is -0.271 e. The van der Waals surface area contributed by atoms with E-state index in [2.05, 4.69) is 21.0 Å². The maximum Gasteiger partial charge on any atom is 0.290 e. The maximum atomic E-state index is 12.6. The van der Waals surface area contributed by atoms with Crippen molar-refractivity contribution < 1.29 is 9.59 Å². The van der Waals surface area contributed by atoms with E-state index in [9.17, 15) is 14.4 Å². The molecule has 0 unspecified atom stereocenters. The number of fused-ring (bicyclic) bond motifs is 1. The lowest BCUT2D eigenvalue weighted by atomic mass is 10.1. The zero-order valence-corrected chi connectivity index (χ0v) is 16.2. The van der Waals surface area contributed by atoms with Gasteiger partial charge in [0.1, 0.15) is 6.54 Å². The molecule has 2 N–H and O–H groups in total. The van der Waals surface area contributed by atoms with Gasteiger partial charge in [-0.1, -0.05) is 18.2 Å². The van der Waals surface area contributed by atoms with Crippen LogP contribution in [-0.2, 0) is 11.3 Å². The summed E-state index contributed by atoms with van der Waals surface area (Å²) < 4.78 is 2.80. The maximum absolute atomic E-state index is 12.6. The number of carbonyl (C=O) groups is 2. The van der Waals surface area contributed by atoms with E-state index < -0.39 is 11.8 Å². The smallest absolute Gasteiger partial charge is 0.271 e. The molecule has 9 nitrogen and oxygen atoms in total. The monoisotopic (exact) mass is 382 g/mol. The summed E-state index contributed by atoms with van der Waals surface area (Å²) in [6.07, 6.45) is 0. The summed E-state index contributed by atoms with van der Waals surface area (Å²) in [7, 11) is 0. The van der Waals surface area contributed by atoms with Crippen LogP contribution in [-0.4, -0.2) is 31.4 Å². The standard InChI is InChI=1S/C19H22N6O3/c1-11(2)25-19(28)15-8-6-5-7-14(15)17(23-25)18(27)21-20-16(26)10-24-13(4)9-12(3)22-24/h5-9,11H,10H2,1-4H3,(H,20,26)(H,21,27). The number of rotatable bonds is 4. The number of aromatic nitrogens is 4. The van der Waals surface area contributed by atoms with E-state index in [0.717, 1.165) is 11.4 Å². The first kappa shape index (κ1) is 19.3. The Morgan fingerprint density at radius 3 is 2.36 bits per heavy atom. The van der Waals surface area contributed by atoms with E-state index in [1.807, 2.05) is 19.9 Å². The van der Waals surface area contributed by atoms with Gasteiger partial charge in [0.25, 0.3) is 17.4 Å². The zero-order valence-electron chi connectivity index (χ0n) is 16.2. The van der Waals surface area contributed by atoms with Gasteiger partial charge in [-0.05, 0) is 39.8 Å². The molecule has 0 atom stereocenters. The fraction of sp³-hybridized carbons (Fsp3) is 0.316. The highest BCUT2D eigenvalue weighted by molar-refractivity contribution is 6.05. The molecule has 3 rings (SSSR count). The van der Waals surface area contributed by atoms with Crippen LogP contribution < -0.4 is 16.4 Å². The number of nitrogens with zero attached hydrogens (tertiary/aromatic N) is 4. The van der Waals surface area contributed by atoms with Crippen LogP contribution in [0.3, 0.4) is 0 Å². The Bertz CT molecular complexity index is 1110. The van der Waals surface area contributed by atoms with E-state index in [0.29, 0.717) is 10.8 Å². The Balaban J connectivity index is 1.81. The number of nitrogens with one attached hydrogen (secondary N) is 2. The first-order valence-electron chi connectivity index (χ1n) is 8.89. The van der Waals surface area contributed by atoms with Crippen molar-refractivity contribution in [1.82, 2.24) is 30.4 Å². The summed E-state index contributed by atoms with van der Waals surface area (Å²) in [5.74, 6) is -1.03. The second-order valence-electron chi connectivity index (χ2n) is 6.82. The van der Waals surface area contributed by atoms with Gasteiger partial charge in [0.2, 0.25) is 0 Å². The van der Waals surface area contributed by atoms with Gasteiger partial charge in [0.15, 0.2) is 5.69 Å². The van der Waals surface area contributed by atoms with E-state index in [1.165, 1.54) is 4.68 Å². The van der Waals surface area contributed by atoms with Crippen molar-refractivity contribution in [2.24, 2.45) is 0 Å². The Morgan fingerprint density at radius 1 is 1.07 bits per heavy atom. The number of hydrogen-bond acceptors (Lipinski definition) is 5. The van der Waals surface area contributed by atoms with Gasteiger partial charge < -0.3 is 0 Å². The molecule has 0 aliphatic rings. The molecule has 0 bridgehead atoms. The summed E-state index contributed by atoms with van der Waals surface area (Å²) in [5.41, 5.74) is 6.18. The predicted molar refractivity (Wildman–Crippen MR) is 104 cm³/mol. The fourth-order valence-electron chi connectivity index (χ4n) is 2.92. The number of benzene rings is 1. The molecule has 0 fully saturated rings. The molecule has 0 radical (unpaired) electrons. The third-order valence-corrected chi connectivity index (χ3v) is 4.24. The van der Waals surface area contributed by atoms with Crippen LogP contribution in [0.15, 0.2) is 35.1 Å². The third-order valence-electron chi connectivity index (χ3n) is 4.24. The van der Waals surface area contributed by atoms with Crippen molar-refractivity contribution in [1.29, 1.82) is 0 Å². The summed E-state index contributed by atoms with van der Waals surface area (Å²) >= 11 is 0. The van der Waals surface area contributed by atoms with Gasteiger partial charge in [-0.25, -0.2) is 4.68 Å². The molecule has 3 aromatic rings. The minimum absolute atomic E-state index is 0.0282. The zero-order chi connectivity index (χ0) is 20.4. The average molecular weight is 382 g/mol. The molecule has 2 heterocycles. The topological polar surface area (TPSA) is 111 Å². The molecule has 0 saturated carbocycles. The second-order valence-corrected chi connectivity index (χ2v) is 6.82. The molecular weight excluding hydrogens is 360 g/mol. The molecular formula is C19H22N6O3. The lowest BCUT2D eigenvalue weighted by molar-refractivity contribution is -0.122. The normalized spacial score (nSPS) is 11.0. The Morgan fingerprint density at radius 2 is 1.75 bits per heavy atom. The van der Waals surface area contributed by atoms with Crippen molar-refractivity contribution in [3.63, 3.8) is 0 Å². The first-order valence-corrected chi connectivity index (χ1v) is 8.89. The highest BCUT2D eigenvalue weighted by Gasteiger charge is 2.18. The van der Waals surface area contributed by atoms with Crippen LogP contribution in [0.4, 0.5) is 0 Å². The summed E-state index contributed by atoms with van der Waals surface area (Å²) in [6, 6.07) is 8.39. The predicted octanol–water partition coefficient (Wildman–Crippen LogP) is 1.25. The molecule has 1 aromatic carbocycles. The summed E-state index contributed by atoms with van der Waals surface area (Å²) in [4.78, 5) is 37.3. The lowest BCUT2D eigenvalue weighted by Crippen LogP contribution is -2.44. The molecule has 0 aliphatic carbocycles. The molecule has 0 spiro atoms. The quantitative estimate of drug-likeness (QED) is 0.660. The molecule has 28 heavy (non-hydrogen) atoms. The number of carbonyl (C=O) groups excluding carboxylic acids is 2. The van der Waals surface area contributed by atoms with E-state index in [1.54, 1.807) is 42.8 Å². The summed E-state index contributed by atoms with van der Waals surface area (Å²) in [6.45, 7) is 7.27. The molecule has 2 aromatic heterocycles. The molecule has 2 amide bonds. The highest BCUT2D eigenvalue weighted by atomic mass is 16.2. The Labute approximate surface area is 161 Å². The second kappa shape index (κ2) is 7.63. The van der Waals surface area contributed by atoms with Gasteiger partial charge in [-0.15, -0.1) is 0 Å². The highest BCUT2D eigenvalue weighted by Crippen LogP contribution is 2.14. The van der Waals surface area contributed by atoms with E-state index >= 15 is 0 Å². The molecule has 0 saturated heterocycles. The number of hydrogen-bond donors (Lipinski definition) is 2. The third kappa shape index (κ3) is 3.78. The SMILES string of the molecule is Cc1cc(C)n(CC(=O)NNC(=O)c2nn(C(C)C)c(=O)c3ccccc23)n1. The van der Waals surface area contributed by atoms with Gasteiger partial charge in [0.05, 0.1) is 17.1 Å². The number of aryl methyl sites for hydroxylation is 2. The first-order chi connectivity index (χ1) is 13.3. The molecule has 146 valence electrons. The van der Waals surface area contributed by atoms with Crippen LogP contribution in [0.25, 0.3) is 10.8 Å². The van der Waals surface area contributed by atoms with Crippen molar-refractivity contribution in [2.45, 2.75) is 40.3 Å². The van der Waals surface area contributed by atoms with Crippen molar-refractivity contribution in [3.05, 3.63) is 57.8 Å². The van der Waals surface area contributed by atoms with Crippen LogP contribution in [0.2, 0.25) is 0 Å². The van der Waals surface area contributed by atoms with Gasteiger partial charge in [-0.3, -0.25) is 29.9 Å². The van der Waals surface area contributed by atoms with Crippen LogP contribution >= 0.6 is 0 Å². The number of amides is 2. The van der Waals surface area contributed by atoms with Crippen molar-refractivity contribution >= 4 is 22.6 Å². The average Bonchev–Trinajstić information content (AvgIpc) is 2.96. The van der Waals surface area contributed by atoms with Gasteiger partial charge in [0, 0.05) is 11.1 Å². The lowest BCUT2D eigenvalue weighted by Gasteiger charge is -2.14. The molecule has 9 heteroatoms. The Hall–Kier alpha value is -3.49. The van der Waals surface area contributed by atoms with Gasteiger partial charge >= 0.3 is 0 Å². The Kier molecular flexibility index (Phi) is 5.25. The number of hydrazine groups is 1. The van der Waals surface area contributed by atoms with Crippen LogP contribution in [0.5, 0.6) is 0 Å². The van der Waals surface area contributed by atoms with Crippen molar-refractivity contribution in [2.75, 3.05) is 0 Å². The fourth-order valence-corrected chi connectivity index (χ4v) is 2.92. The van der Waals surface area contributed by atoms with E-state index in [-0.39, 0.29) is 23.8 Å². The minimum atomic E-state index is -0.604. The van der Waals surface area contributed by atoms with Gasteiger partial charge in [-0.2, -0.15) is 10.2 Å². The summed E-state index contributed by atoms with van der Waals surface area (Å²) in [5, 5.41) is 9.23. The van der Waals surface area contributed by atoms with Crippen molar-refractivity contribution in [3.8, 4) is 0 Å².